The van der Waals surface area contributed by atoms with Crippen LogP contribution in [0.5, 0.6) is 34.5 Å². The summed E-state index contributed by atoms with van der Waals surface area (Å²) in [5.74, 6) is -0.471. The van der Waals surface area contributed by atoms with Gasteiger partial charge in [0.05, 0.1) is 35.6 Å². The lowest BCUT2D eigenvalue weighted by Crippen LogP contribution is -2.29. The molecular formula is C36H29BrN6O8S2. The summed E-state index contributed by atoms with van der Waals surface area (Å²) in [5, 5.41) is 12.3. The van der Waals surface area contributed by atoms with Gasteiger partial charge in [-0.1, -0.05) is 59.9 Å². The number of thiazole rings is 2. The Morgan fingerprint density at radius 3 is 1.38 bits per heavy atom. The van der Waals surface area contributed by atoms with Gasteiger partial charge < -0.3 is 29.6 Å². The van der Waals surface area contributed by atoms with Crippen LogP contribution < -0.4 is 40.2 Å². The number of para-hydroxylation sites is 8. The van der Waals surface area contributed by atoms with Gasteiger partial charge in [0.25, 0.3) is 0 Å². The van der Waals surface area contributed by atoms with E-state index >= 15 is 0 Å². The number of aromatic nitrogens is 2. The molecule has 0 atom stereocenters. The monoisotopic (exact) mass is 816 g/mol. The highest BCUT2D eigenvalue weighted by Crippen LogP contribution is 2.36. The van der Waals surface area contributed by atoms with E-state index in [2.05, 4.69) is 47.2 Å². The van der Waals surface area contributed by atoms with E-state index in [-0.39, 0.29) is 0 Å². The van der Waals surface area contributed by atoms with E-state index in [9.17, 15) is 19.2 Å². The zero-order valence-corrected chi connectivity index (χ0v) is 31.0. The van der Waals surface area contributed by atoms with Crippen molar-refractivity contribution in [1.82, 2.24) is 9.97 Å². The van der Waals surface area contributed by atoms with Gasteiger partial charge in [-0.25, -0.2) is 9.97 Å². The molecule has 270 valence electrons. The molecule has 0 fully saturated rings. The number of carbonyl (C=O) groups is 4. The molecule has 4 aromatic carbocycles. The molecule has 2 heterocycles. The maximum absolute atomic E-state index is 12.2. The molecule has 17 heteroatoms. The van der Waals surface area contributed by atoms with Crippen molar-refractivity contribution in [1.29, 1.82) is 0 Å². The van der Waals surface area contributed by atoms with Gasteiger partial charge in [-0.15, -0.1) is 11.3 Å². The number of amides is 4. The van der Waals surface area contributed by atoms with Crippen molar-refractivity contribution in [3.8, 4) is 34.5 Å². The third kappa shape index (κ3) is 10.8. The van der Waals surface area contributed by atoms with Crippen LogP contribution >= 0.6 is 38.6 Å². The molecule has 0 aliphatic carbocycles. The van der Waals surface area contributed by atoms with Crippen LogP contribution in [0, 0.1) is 0 Å². The summed E-state index contributed by atoms with van der Waals surface area (Å²) in [5.41, 5.74) is 0.710. The van der Waals surface area contributed by atoms with E-state index in [0.29, 0.717) is 56.1 Å². The second kappa shape index (κ2) is 18.8. The largest absolute Gasteiger partial charge is 0.493 e. The first-order valence-corrected chi connectivity index (χ1v) is 17.8. The SMILES string of the molecule is COc1ccccc1Oc1ccccc1NC(=O)C(=O)Nc1ncc(Br)s1.COc1ccccc1Oc1ccccc1NC(=O)C(=O)Nc1nccs1. The number of nitrogens with zero attached hydrogens (tertiary/aromatic N) is 2. The zero-order chi connectivity index (χ0) is 37.6. The van der Waals surface area contributed by atoms with Gasteiger partial charge in [0.1, 0.15) is 0 Å². The summed E-state index contributed by atoms with van der Waals surface area (Å²) in [6, 6.07) is 27.9. The average molecular weight is 818 g/mol. The van der Waals surface area contributed by atoms with Gasteiger partial charge in [-0.2, -0.15) is 0 Å². The number of benzene rings is 4. The van der Waals surface area contributed by atoms with E-state index in [1.165, 1.54) is 42.2 Å². The van der Waals surface area contributed by atoms with Crippen LogP contribution in [0.3, 0.4) is 0 Å². The standard InChI is InChI=1S/C18H14BrN3O4S.C18H15N3O4S/c1-25-13-8-4-5-9-14(13)26-12-7-3-2-6-11(12)21-16(23)17(24)22-18-20-10-15(19)27-18;1-24-14-8-4-5-9-15(14)25-13-7-3-2-6-12(13)20-16(22)17(23)21-18-19-10-11-26-18/h2-10H,1H3,(H,21,23)(H,20,22,24);2-11H,1H3,(H,20,22)(H,19,21,23). The lowest BCUT2D eigenvalue weighted by Gasteiger charge is -2.13. The van der Waals surface area contributed by atoms with Crippen molar-refractivity contribution in [2.75, 3.05) is 35.5 Å². The molecule has 0 unspecified atom stereocenters. The first-order valence-electron chi connectivity index (χ1n) is 15.3. The zero-order valence-electron chi connectivity index (χ0n) is 27.8. The molecule has 6 aromatic rings. The van der Waals surface area contributed by atoms with Gasteiger partial charge in [0.15, 0.2) is 44.8 Å². The minimum absolute atomic E-state index is 0.320. The Morgan fingerprint density at radius 2 is 0.962 bits per heavy atom. The van der Waals surface area contributed by atoms with Crippen LogP contribution in [0.25, 0.3) is 0 Å². The van der Waals surface area contributed by atoms with Crippen LogP contribution in [0.2, 0.25) is 0 Å². The average Bonchev–Trinajstić information content (AvgIpc) is 3.85. The molecule has 4 amide bonds. The highest BCUT2D eigenvalue weighted by atomic mass is 79.9. The van der Waals surface area contributed by atoms with Crippen LogP contribution in [-0.2, 0) is 19.2 Å². The van der Waals surface area contributed by atoms with Gasteiger partial charge in [-0.3, -0.25) is 29.8 Å². The van der Waals surface area contributed by atoms with E-state index in [1.54, 1.807) is 97.4 Å². The molecule has 14 nitrogen and oxygen atoms in total. The molecule has 6 rings (SSSR count). The fourth-order valence-corrected chi connectivity index (χ4v) is 5.85. The van der Waals surface area contributed by atoms with Gasteiger partial charge >= 0.3 is 23.6 Å². The van der Waals surface area contributed by atoms with Crippen LogP contribution in [0.1, 0.15) is 0 Å². The lowest BCUT2D eigenvalue weighted by molar-refractivity contribution is -0.133. The van der Waals surface area contributed by atoms with Crippen molar-refractivity contribution < 1.29 is 38.1 Å². The molecule has 0 radical (unpaired) electrons. The molecule has 0 bridgehead atoms. The molecule has 0 saturated heterocycles. The minimum atomic E-state index is -0.836. The Morgan fingerprint density at radius 1 is 0.547 bits per heavy atom. The third-order valence-electron chi connectivity index (χ3n) is 6.61. The van der Waals surface area contributed by atoms with Crippen LogP contribution in [-0.4, -0.2) is 47.8 Å². The summed E-state index contributed by atoms with van der Waals surface area (Å²) in [6.45, 7) is 0. The number of nitrogens with one attached hydrogen (secondary N) is 4. The Balaban J connectivity index is 0.000000204. The van der Waals surface area contributed by atoms with Crippen molar-refractivity contribution in [3.63, 3.8) is 0 Å². The summed E-state index contributed by atoms with van der Waals surface area (Å²) in [4.78, 5) is 56.2. The maximum Gasteiger partial charge on any atom is 0.315 e. The fraction of sp³-hybridized carbons (Fsp3) is 0.0556. The van der Waals surface area contributed by atoms with Crippen LogP contribution in [0.15, 0.2) is 119 Å². The van der Waals surface area contributed by atoms with Crippen LogP contribution in [0.4, 0.5) is 21.6 Å². The number of methoxy groups -OCH3 is 2. The van der Waals surface area contributed by atoms with Crippen molar-refractivity contribution in [2.45, 2.75) is 0 Å². The smallest absolute Gasteiger partial charge is 0.315 e. The highest BCUT2D eigenvalue weighted by molar-refractivity contribution is 9.11. The summed E-state index contributed by atoms with van der Waals surface area (Å²) >= 11 is 5.67. The quantitative estimate of drug-likeness (QED) is 0.0997. The number of anilines is 4. The first kappa shape index (κ1) is 37.9. The molecular weight excluding hydrogens is 788 g/mol. The van der Waals surface area contributed by atoms with Gasteiger partial charge in [0.2, 0.25) is 0 Å². The number of hydrogen-bond donors (Lipinski definition) is 4. The Bertz CT molecular complexity index is 2200. The van der Waals surface area contributed by atoms with E-state index < -0.39 is 23.6 Å². The van der Waals surface area contributed by atoms with E-state index in [0.717, 1.165) is 3.79 Å². The van der Waals surface area contributed by atoms with Gasteiger partial charge in [0, 0.05) is 11.6 Å². The van der Waals surface area contributed by atoms with Crippen molar-refractivity contribution in [2.24, 2.45) is 0 Å². The topological polar surface area (TPSA) is 179 Å². The first-order chi connectivity index (χ1) is 25.7. The molecule has 0 spiro atoms. The van der Waals surface area contributed by atoms with E-state index in [1.807, 2.05) is 12.1 Å². The lowest BCUT2D eigenvalue weighted by atomic mass is 10.2. The van der Waals surface area contributed by atoms with Crippen molar-refractivity contribution in [3.05, 3.63) is 119 Å². The van der Waals surface area contributed by atoms with E-state index in [4.69, 9.17) is 18.9 Å². The molecule has 0 aliphatic heterocycles. The number of carbonyl (C=O) groups excluding carboxylic acids is 4. The molecule has 4 N–H and O–H groups in total. The normalized spacial score (nSPS) is 10.1. The highest BCUT2D eigenvalue weighted by Gasteiger charge is 2.19. The Labute approximate surface area is 319 Å². The van der Waals surface area contributed by atoms with Gasteiger partial charge in [-0.05, 0) is 64.5 Å². The van der Waals surface area contributed by atoms with Crippen molar-refractivity contribution >= 4 is 83.9 Å². The predicted molar refractivity (Wildman–Crippen MR) is 205 cm³/mol. The summed E-state index contributed by atoms with van der Waals surface area (Å²) < 4.78 is 22.9. The summed E-state index contributed by atoms with van der Waals surface area (Å²) in [6.07, 6.45) is 3.07. The number of halogens is 1. The second-order valence-corrected chi connectivity index (χ2v) is 13.4. The maximum atomic E-state index is 12.2. The molecule has 2 aromatic heterocycles. The number of hydrogen-bond acceptors (Lipinski definition) is 12. The molecule has 0 saturated carbocycles. The third-order valence-corrected chi connectivity index (χ3v) is 8.69. The molecule has 53 heavy (non-hydrogen) atoms. The Kier molecular flexibility index (Phi) is 13.5. The number of ether oxygens (including phenoxy) is 4. The second-order valence-electron chi connectivity index (χ2n) is 10.1. The summed E-state index contributed by atoms with van der Waals surface area (Å²) in [7, 11) is 3.08. The minimum Gasteiger partial charge on any atom is -0.493 e. The molecule has 0 aliphatic rings. The fourth-order valence-electron chi connectivity index (χ4n) is 4.22. The number of rotatable bonds is 10. The predicted octanol–water partition coefficient (Wildman–Crippen LogP) is 7.80. The Hall–Kier alpha value is -6.30.